The van der Waals surface area contributed by atoms with E-state index in [4.69, 9.17) is 0 Å². The molecule has 26 heavy (non-hydrogen) atoms. The minimum absolute atomic E-state index is 0.0472. The first-order valence-electron chi connectivity index (χ1n) is 8.73. The van der Waals surface area contributed by atoms with Crippen LogP contribution in [0.3, 0.4) is 0 Å². The molecule has 1 heterocycles. The molecule has 2 N–H and O–H groups in total. The molecule has 1 amide bonds. The summed E-state index contributed by atoms with van der Waals surface area (Å²) in [5.41, 5.74) is 4.08. The second-order valence-electron chi connectivity index (χ2n) is 6.42. The van der Waals surface area contributed by atoms with Crippen molar-refractivity contribution in [3.8, 4) is 0 Å². The van der Waals surface area contributed by atoms with Gasteiger partial charge in [-0.2, -0.15) is 0 Å². The molecular weight excluding hydrogens is 322 g/mol. The molecule has 0 bridgehead atoms. The van der Waals surface area contributed by atoms with Crippen molar-refractivity contribution in [1.29, 1.82) is 0 Å². The first-order valence-corrected chi connectivity index (χ1v) is 8.73. The van der Waals surface area contributed by atoms with Crippen molar-refractivity contribution < 1.29 is 4.79 Å². The van der Waals surface area contributed by atoms with Crippen LogP contribution in [0.1, 0.15) is 29.7 Å². The van der Waals surface area contributed by atoms with Gasteiger partial charge in [0.05, 0.1) is 18.3 Å². The number of benzene rings is 2. The van der Waals surface area contributed by atoms with Gasteiger partial charge in [0.25, 0.3) is 0 Å². The largest absolute Gasteiger partial charge is 0.364 e. The van der Waals surface area contributed by atoms with Crippen molar-refractivity contribution in [2.75, 3.05) is 10.6 Å². The average Bonchev–Trinajstić information content (AvgIpc) is 2.66. The number of hydrogen-bond donors (Lipinski definition) is 2. The predicted molar refractivity (Wildman–Crippen MR) is 106 cm³/mol. The number of rotatable bonds is 6. The van der Waals surface area contributed by atoms with Crippen LogP contribution < -0.4 is 10.6 Å². The number of nitrogens with one attached hydrogen (secondary N) is 2. The lowest BCUT2D eigenvalue weighted by Gasteiger charge is -2.15. The quantitative estimate of drug-likeness (QED) is 0.678. The van der Waals surface area contributed by atoms with Crippen LogP contribution in [0.5, 0.6) is 0 Å². The fourth-order valence-corrected chi connectivity index (χ4v) is 2.70. The lowest BCUT2D eigenvalue weighted by molar-refractivity contribution is -0.115. The fourth-order valence-electron chi connectivity index (χ4n) is 2.70. The number of carbonyl (C=O) groups is 1. The Morgan fingerprint density at radius 3 is 2.38 bits per heavy atom. The Balaban J connectivity index is 1.55. The molecule has 1 atom stereocenters. The molecular formula is C22H23N3O. The Bertz CT molecular complexity index is 843. The van der Waals surface area contributed by atoms with Gasteiger partial charge in [0.1, 0.15) is 5.82 Å². The van der Waals surface area contributed by atoms with Crippen molar-refractivity contribution in [2.45, 2.75) is 26.3 Å². The number of amides is 1. The lowest BCUT2D eigenvalue weighted by atomic mass is 10.1. The Morgan fingerprint density at radius 2 is 1.73 bits per heavy atom. The van der Waals surface area contributed by atoms with Crippen LogP contribution in [0.4, 0.5) is 11.5 Å². The number of hydrogen-bond acceptors (Lipinski definition) is 3. The zero-order chi connectivity index (χ0) is 18.4. The standard InChI is InChI=1S/C22H23N3O/c1-16-8-10-18(11-9-16)14-22(26)25-20-12-13-21(23-15-20)24-17(2)19-6-4-3-5-7-19/h3-13,15,17H,14H2,1-2H3,(H,23,24)(H,25,26). The molecule has 1 aromatic heterocycles. The monoisotopic (exact) mass is 345 g/mol. The molecule has 132 valence electrons. The molecule has 0 fully saturated rings. The van der Waals surface area contributed by atoms with Crippen LogP contribution in [-0.4, -0.2) is 10.9 Å². The van der Waals surface area contributed by atoms with Gasteiger partial charge in [-0.1, -0.05) is 60.2 Å². The summed E-state index contributed by atoms with van der Waals surface area (Å²) in [6.07, 6.45) is 2.03. The highest BCUT2D eigenvalue weighted by atomic mass is 16.1. The van der Waals surface area contributed by atoms with E-state index in [0.29, 0.717) is 12.1 Å². The highest BCUT2D eigenvalue weighted by molar-refractivity contribution is 5.92. The van der Waals surface area contributed by atoms with E-state index in [0.717, 1.165) is 11.4 Å². The Kier molecular flexibility index (Phi) is 5.64. The predicted octanol–water partition coefficient (Wildman–Crippen LogP) is 4.74. The average molecular weight is 345 g/mol. The summed E-state index contributed by atoms with van der Waals surface area (Å²) in [6.45, 7) is 4.12. The molecule has 0 aliphatic heterocycles. The van der Waals surface area contributed by atoms with E-state index < -0.39 is 0 Å². The van der Waals surface area contributed by atoms with Gasteiger partial charge in [0.15, 0.2) is 0 Å². The van der Waals surface area contributed by atoms with Gasteiger partial charge in [-0.15, -0.1) is 0 Å². The van der Waals surface area contributed by atoms with E-state index in [1.54, 1.807) is 6.20 Å². The van der Waals surface area contributed by atoms with Crippen LogP contribution in [0.15, 0.2) is 72.9 Å². The van der Waals surface area contributed by atoms with Crippen molar-refractivity contribution in [2.24, 2.45) is 0 Å². The topological polar surface area (TPSA) is 54.0 Å². The first kappa shape index (κ1) is 17.7. The van der Waals surface area contributed by atoms with Crippen LogP contribution in [0.25, 0.3) is 0 Å². The Labute approximate surface area is 154 Å². The van der Waals surface area contributed by atoms with Crippen molar-refractivity contribution in [3.05, 3.63) is 89.6 Å². The molecule has 3 rings (SSSR count). The third kappa shape index (κ3) is 4.93. The highest BCUT2D eigenvalue weighted by Gasteiger charge is 2.07. The smallest absolute Gasteiger partial charge is 0.228 e. The maximum Gasteiger partial charge on any atom is 0.228 e. The molecule has 4 nitrogen and oxygen atoms in total. The number of aromatic nitrogens is 1. The first-order chi connectivity index (χ1) is 12.6. The normalized spacial score (nSPS) is 11.6. The van der Waals surface area contributed by atoms with Crippen LogP contribution in [0.2, 0.25) is 0 Å². The number of carbonyl (C=O) groups excluding carboxylic acids is 1. The molecule has 0 saturated heterocycles. The summed E-state index contributed by atoms with van der Waals surface area (Å²) in [5.74, 6) is 0.729. The highest BCUT2D eigenvalue weighted by Crippen LogP contribution is 2.18. The molecule has 0 radical (unpaired) electrons. The molecule has 0 aliphatic rings. The SMILES string of the molecule is Cc1ccc(CC(=O)Nc2ccc(NC(C)c3ccccc3)nc2)cc1. The zero-order valence-electron chi connectivity index (χ0n) is 15.1. The van der Waals surface area contributed by atoms with Gasteiger partial charge in [0, 0.05) is 6.04 Å². The van der Waals surface area contributed by atoms with Gasteiger partial charge in [-0.25, -0.2) is 4.98 Å². The Morgan fingerprint density at radius 1 is 1.00 bits per heavy atom. The minimum Gasteiger partial charge on any atom is -0.364 e. The molecule has 2 aromatic carbocycles. The van der Waals surface area contributed by atoms with Gasteiger partial charge in [0.2, 0.25) is 5.91 Å². The van der Waals surface area contributed by atoms with E-state index in [9.17, 15) is 4.79 Å². The maximum atomic E-state index is 12.2. The third-order valence-corrected chi connectivity index (χ3v) is 4.20. The van der Waals surface area contributed by atoms with E-state index in [1.165, 1.54) is 11.1 Å². The summed E-state index contributed by atoms with van der Waals surface area (Å²) < 4.78 is 0. The van der Waals surface area contributed by atoms with Gasteiger partial charge >= 0.3 is 0 Å². The summed E-state index contributed by atoms with van der Waals surface area (Å²) >= 11 is 0. The van der Waals surface area contributed by atoms with Gasteiger partial charge < -0.3 is 10.6 Å². The van der Waals surface area contributed by atoms with E-state index in [1.807, 2.05) is 61.5 Å². The number of anilines is 2. The molecule has 1 unspecified atom stereocenters. The molecule has 0 saturated carbocycles. The summed E-state index contributed by atoms with van der Waals surface area (Å²) in [5, 5.41) is 6.25. The lowest BCUT2D eigenvalue weighted by Crippen LogP contribution is -2.14. The van der Waals surface area contributed by atoms with Gasteiger partial charge in [-0.3, -0.25) is 4.79 Å². The molecule has 0 aliphatic carbocycles. The number of aryl methyl sites for hydroxylation is 1. The van der Waals surface area contributed by atoms with Crippen molar-refractivity contribution >= 4 is 17.4 Å². The maximum absolute atomic E-state index is 12.2. The van der Waals surface area contributed by atoms with Crippen LogP contribution in [-0.2, 0) is 11.2 Å². The summed E-state index contributed by atoms with van der Waals surface area (Å²) in [6, 6.07) is 22.1. The summed E-state index contributed by atoms with van der Waals surface area (Å²) in [7, 11) is 0. The third-order valence-electron chi connectivity index (χ3n) is 4.20. The fraction of sp³-hybridized carbons (Fsp3) is 0.182. The summed E-state index contributed by atoms with van der Waals surface area (Å²) in [4.78, 5) is 16.6. The second kappa shape index (κ2) is 8.30. The van der Waals surface area contributed by atoms with Gasteiger partial charge in [-0.05, 0) is 37.1 Å². The number of pyridine rings is 1. The number of nitrogens with zero attached hydrogens (tertiary/aromatic N) is 1. The van der Waals surface area contributed by atoms with Crippen LogP contribution in [0, 0.1) is 6.92 Å². The van der Waals surface area contributed by atoms with E-state index in [2.05, 4.69) is 34.7 Å². The Hall–Kier alpha value is -3.14. The molecule has 3 aromatic rings. The van der Waals surface area contributed by atoms with E-state index >= 15 is 0 Å². The molecule has 4 heteroatoms. The van der Waals surface area contributed by atoms with Crippen LogP contribution >= 0.6 is 0 Å². The van der Waals surface area contributed by atoms with Crippen molar-refractivity contribution in [3.63, 3.8) is 0 Å². The zero-order valence-corrected chi connectivity index (χ0v) is 15.1. The minimum atomic E-state index is -0.0472. The molecule has 0 spiro atoms. The van der Waals surface area contributed by atoms with Crippen molar-refractivity contribution in [1.82, 2.24) is 4.98 Å². The second-order valence-corrected chi connectivity index (χ2v) is 6.42. The van der Waals surface area contributed by atoms with E-state index in [-0.39, 0.29) is 11.9 Å².